The molecular formula is C21H25N3O3. The normalized spacial score (nSPS) is 14.0. The first-order chi connectivity index (χ1) is 13.0. The molecule has 0 fully saturated rings. The summed E-state index contributed by atoms with van der Waals surface area (Å²) >= 11 is 0. The highest BCUT2D eigenvalue weighted by Gasteiger charge is 2.26. The summed E-state index contributed by atoms with van der Waals surface area (Å²) in [5.74, 6) is 1.58. The average molecular weight is 367 g/mol. The molecule has 2 aromatic heterocycles. The summed E-state index contributed by atoms with van der Waals surface area (Å²) in [7, 11) is 1.62. The molecule has 1 amide bonds. The molecule has 1 N–H and O–H groups in total. The van der Waals surface area contributed by atoms with Crippen molar-refractivity contribution in [3.63, 3.8) is 0 Å². The fourth-order valence-electron chi connectivity index (χ4n) is 3.95. The summed E-state index contributed by atoms with van der Waals surface area (Å²) in [6.07, 6.45) is 1.09. The van der Waals surface area contributed by atoms with Crippen LogP contribution in [-0.4, -0.2) is 34.4 Å². The number of ether oxygens (including phenoxy) is 1. The molecule has 0 unspecified atom stereocenters. The van der Waals surface area contributed by atoms with Gasteiger partial charge < -0.3 is 19.0 Å². The molecule has 27 heavy (non-hydrogen) atoms. The highest BCUT2D eigenvalue weighted by molar-refractivity contribution is 5.93. The minimum atomic E-state index is 0.127. The largest absolute Gasteiger partial charge is 0.443 e. The maximum absolute atomic E-state index is 13.0. The van der Waals surface area contributed by atoms with Crippen molar-refractivity contribution in [1.82, 2.24) is 14.9 Å². The maximum atomic E-state index is 13.0. The van der Waals surface area contributed by atoms with Gasteiger partial charge in [0.2, 0.25) is 11.8 Å². The molecule has 0 radical (unpaired) electrons. The van der Waals surface area contributed by atoms with Crippen LogP contribution in [0, 0.1) is 20.8 Å². The molecule has 6 nitrogen and oxygen atoms in total. The van der Waals surface area contributed by atoms with Crippen LogP contribution >= 0.6 is 0 Å². The Morgan fingerprint density at radius 3 is 2.85 bits per heavy atom. The van der Waals surface area contributed by atoms with Crippen LogP contribution in [0.3, 0.4) is 0 Å². The Morgan fingerprint density at radius 2 is 2.07 bits per heavy atom. The van der Waals surface area contributed by atoms with Gasteiger partial charge in [0.05, 0.1) is 13.0 Å². The Balaban J connectivity index is 1.57. The topological polar surface area (TPSA) is 71.4 Å². The molecular weight excluding hydrogens is 342 g/mol. The van der Waals surface area contributed by atoms with Crippen molar-refractivity contribution in [1.29, 1.82) is 0 Å². The summed E-state index contributed by atoms with van der Waals surface area (Å²) < 4.78 is 10.8. The predicted octanol–water partition coefficient (Wildman–Crippen LogP) is 3.35. The Bertz CT molecular complexity index is 1020. The van der Waals surface area contributed by atoms with E-state index in [0.717, 1.165) is 28.2 Å². The number of oxazole rings is 1. The van der Waals surface area contributed by atoms with Gasteiger partial charge in [-0.1, -0.05) is 12.1 Å². The summed E-state index contributed by atoms with van der Waals surface area (Å²) in [4.78, 5) is 22.8. The molecule has 3 heterocycles. The van der Waals surface area contributed by atoms with Gasteiger partial charge in [0.1, 0.15) is 18.1 Å². The second kappa shape index (κ2) is 6.85. The van der Waals surface area contributed by atoms with Gasteiger partial charge in [0.25, 0.3) is 0 Å². The molecule has 0 saturated heterocycles. The first-order valence-electron chi connectivity index (χ1n) is 9.29. The highest BCUT2D eigenvalue weighted by Crippen LogP contribution is 2.29. The Kier molecular flexibility index (Phi) is 4.52. The van der Waals surface area contributed by atoms with Gasteiger partial charge in [-0.2, -0.15) is 0 Å². The Morgan fingerprint density at radius 1 is 1.30 bits per heavy atom. The van der Waals surface area contributed by atoms with E-state index >= 15 is 0 Å². The fraction of sp³-hybridized carbons (Fsp3) is 0.429. The summed E-state index contributed by atoms with van der Waals surface area (Å²) in [6, 6.07) is 4.24. The lowest BCUT2D eigenvalue weighted by Gasteiger charge is -2.25. The van der Waals surface area contributed by atoms with Crippen LogP contribution in [0.1, 0.15) is 39.7 Å². The highest BCUT2D eigenvalue weighted by atomic mass is 16.5. The lowest BCUT2D eigenvalue weighted by molar-refractivity contribution is -0.131. The van der Waals surface area contributed by atoms with Crippen molar-refractivity contribution >= 4 is 16.8 Å². The minimum Gasteiger partial charge on any atom is -0.443 e. The van der Waals surface area contributed by atoms with Crippen LogP contribution < -0.4 is 0 Å². The van der Waals surface area contributed by atoms with E-state index < -0.39 is 0 Å². The number of aromatic amines is 1. The van der Waals surface area contributed by atoms with E-state index in [4.69, 9.17) is 9.15 Å². The lowest BCUT2D eigenvalue weighted by atomic mass is 10.0. The number of rotatable bonds is 4. The van der Waals surface area contributed by atoms with Gasteiger partial charge in [0, 0.05) is 36.7 Å². The summed E-state index contributed by atoms with van der Waals surface area (Å²) in [5, 5.41) is 1.18. The van der Waals surface area contributed by atoms with Crippen LogP contribution in [-0.2, 0) is 35.5 Å². The standard InChI is InChI=1S/C21H25N3O3/c1-12-5-6-13(2)21-20(12)15(14(3)22-21)9-19(25)24-8-7-17-16(10-24)23-18(27-17)11-26-4/h5-6,22H,7-11H2,1-4H3. The molecule has 0 atom stereocenters. The molecule has 6 heteroatoms. The van der Waals surface area contributed by atoms with E-state index in [2.05, 4.69) is 35.9 Å². The average Bonchev–Trinajstić information content (AvgIpc) is 3.19. The molecule has 0 bridgehead atoms. The number of methoxy groups -OCH3 is 1. The molecule has 3 aromatic rings. The Labute approximate surface area is 158 Å². The lowest BCUT2D eigenvalue weighted by Crippen LogP contribution is -2.36. The molecule has 0 aliphatic carbocycles. The first kappa shape index (κ1) is 17.8. The second-order valence-electron chi connectivity index (χ2n) is 7.33. The SMILES string of the molecule is COCc1nc2c(o1)CCN(C(=O)Cc1c(C)[nH]c3c(C)ccc(C)c13)C2. The van der Waals surface area contributed by atoms with Gasteiger partial charge in [-0.3, -0.25) is 4.79 Å². The third kappa shape index (κ3) is 3.14. The van der Waals surface area contributed by atoms with Crippen molar-refractivity contribution in [2.24, 2.45) is 0 Å². The van der Waals surface area contributed by atoms with E-state index in [1.807, 2.05) is 11.8 Å². The van der Waals surface area contributed by atoms with E-state index in [-0.39, 0.29) is 5.91 Å². The van der Waals surface area contributed by atoms with Crippen LogP contribution in [0.15, 0.2) is 16.5 Å². The maximum Gasteiger partial charge on any atom is 0.227 e. The number of aromatic nitrogens is 2. The smallest absolute Gasteiger partial charge is 0.227 e. The summed E-state index contributed by atoms with van der Waals surface area (Å²) in [5.41, 5.74) is 6.55. The number of nitrogens with zero attached hydrogens (tertiary/aromatic N) is 2. The molecule has 4 rings (SSSR count). The fourth-order valence-corrected chi connectivity index (χ4v) is 3.95. The molecule has 0 spiro atoms. The number of hydrogen-bond acceptors (Lipinski definition) is 4. The van der Waals surface area contributed by atoms with E-state index in [1.165, 1.54) is 16.5 Å². The minimum absolute atomic E-state index is 0.127. The number of benzene rings is 1. The Hall–Kier alpha value is -2.60. The van der Waals surface area contributed by atoms with Gasteiger partial charge in [-0.25, -0.2) is 4.98 Å². The number of fused-ring (bicyclic) bond motifs is 2. The number of aryl methyl sites for hydroxylation is 3. The van der Waals surface area contributed by atoms with Crippen LogP contribution in [0.25, 0.3) is 10.9 Å². The van der Waals surface area contributed by atoms with E-state index in [0.29, 0.717) is 38.4 Å². The molecule has 1 aromatic carbocycles. The third-order valence-electron chi connectivity index (χ3n) is 5.41. The number of H-pyrrole nitrogens is 1. The van der Waals surface area contributed by atoms with E-state index in [9.17, 15) is 4.79 Å². The molecule has 1 aliphatic rings. The van der Waals surface area contributed by atoms with Gasteiger partial charge in [-0.05, 0) is 37.5 Å². The zero-order valence-corrected chi connectivity index (χ0v) is 16.3. The van der Waals surface area contributed by atoms with Gasteiger partial charge >= 0.3 is 0 Å². The van der Waals surface area contributed by atoms with Crippen molar-refractivity contribution in [3.05, 3.63) is 51.9 Å². The third-order valence-corrected chi connectivity index (χ3v) is 5.41. The number of nitrogens with one attached hydrogen (secondary N) is 1. The number of hydrogen-bond donors (Lipinski definition) is 1. The van der Waals surface area contributed by atoms with Crippen LogP contribution in [0.2, 0.25) is 0 Å². The van der Waals surface area contributed by atoms with Crippen molar-refractivity contribution in [2.45, 2.75) is 46.8 Å². The van der Waals surface area contributed by atoms with Gasteiger partial charge in [-0.15, -0.1) is 0 Å². The second-order valence-corrected chi connectivity index (χ2v) is 7.33. The van der Waals surface area contributed by atoms with Crippen molar-refractivity contribution in [3.8, 4) is 0 Å². The number of carbonyl (C=O) groups is 1. The molecule has 1 aliphatic heterocycles. The first-order valence-corrected chi connectivity index (χ1v) is 9.29. The number of carbonyl (C=O) groups excluding carboxylic acids is 1. The summed E-state index contributed by atoms with van der Waals surface area (Å²) in [6.45, 7) is 7.76. The van der Waals surface area contributed by atoms with Crippen LogP contribution in [0.5, 0.6) is 0 Å². The quantitative estimate of drug-likeness (QED) is 0.768. The van der Waals surface area contributed by atoms with Crippen molar-refractivity contribution < 1.29 is 13.9 Å². The van der Waals surface area contributed by atoms with Gasteiger partial charge in [0.15, 0.2) is 0 Å². The molecule has 142 valence electrons. The van der Waals surface area contributed by atoms with E-state index in [1.54, 1.807) is 7.11 Å². The molecule has 0 saturated carbocycles. The van der Waals surface area contributed by atoms with Crippen LogP contribution in [0.4, 0.5) is 0 Å². The number of amides is 1. The predicted molar refractivity (Wildman–Crippen MR) is 103 cm³/mol. The zero-order chi connectivity index (χ0) is 19.1. The zero-order valence-electron chi connectivity index (χ0n) is 16.3. The van der Waals surface area contributed by atoms with Crippen molar-refractivity contribution in [2.75, 3.05) is 13.7 Å². The monoisotopic (exact) mass is 367 g/mol.